The minimum atomic E-state index is -3.70. The third-order valence-electron chi connectivity index (χ3n) is 6.53. The first-order valence-corrected chi connectivity index (χ1v) is 11.5. The molecule has 2 bridgehead atoms. The lowest BCUT2D eigenvalue weighted by molar-refractivity contribution is -0.150. The topological polar surface area (TPSA) is 111 Å². The SMILES string of the molecule is Cc1ccc(S(=O)(=O)NN=CC23CCC(OC(N)=O)(CC2)C(C(C)(C)C)C3)cc1. The number of rotatable bonds is 5. The van der Waals surface area contributed by atoms with Crippen molar-refractivity contribution in [1.29, 1.82) is 0 Å². The van der Waals surface area contributed by atoms with Gasteiger partial charge in [0.1, 0.15) is 5.60 Å². The van der Waals surface area contributed by atoms with Crippen molar-refractivity contribution in [3.63, 3.8) is 0 Å². The second kappa shape index (κ2) is 7.31. The Morgan fingerprint density at radius 2 is 1.79 bits per heavy atom. The Morgan fingerprint density at radius 1 is 1.21 bits per heavy atom. The minimum absolute atomic E-state index is 0.0865. The molecule has 0 radical (unpaired) electrons. The zero-order valence-corrected chi connectivity index (χ0v) is 18.4. The van der Waals surface area contributed by atoms with Crippen molar-refractivity contribution in [2.45, 2.75) is 70.3 Å². The summed E-state index contributed by atoms with van der Waals surface area (Å²) in [6, 6.07) is 6.65. The highest BCUT2D eigenvalue weighted by Crippen LogP contribution is 2.60. The van der Waals surface area contributed by atoms with Gasteiger partial charge in [-0.25, -0.2) is 9.63 Å². The van der Waals surface area contributed by atoms with Gasteiger partial charge < -0.3 is 10.5 Å². The van der Waals surface area contributed by atoms with E-state index in [0.717, 1.165) is 24.8 Å². The van der Waals surface area contributed by atoms with Crippen molar-refractivity contribution in [2.24, 2.45) is 27.6 Å². The quantitative estimate of drug-likeness (QED) is 0.557. The monoisotopic (exact) mass is 421 g/mol. The number of amides is 1. The van der Waals surface area contributed by atoms with Crippen LogP contribution in [-0.4, -0.2) is 26.3 Å². The summed E-state index contributed by atoms with van der Waals surface area (Å²) in [4.78, 5) is 14.1. The number of carbonyl (C=O) groups excluding carboxylic acids is 1. The number of benzene rings is 1. The first kappa shape index (κ1) is 21.6. The van der Waals surface area contributed by atoms with Gasteiger partial charge in [-0.15, -0.1) is 0 Å². The Bertz CT molecular complexity index is 893. The van der Waals surface area contributed by atoms with Gasteiger partial charge in [0.25, 0.3) is 10.0 Å². The smallest absolute Gasteiger partial charge is 0.405 e. The van der Waals surface area contributed by atoms with Crippen LogP contribution in [0, 0.1) is 23.7 Å². The van der Waals surface area contributed by atoms with Crippen LogP contribution in [0.15, 0.2) is 34.3 Å². The van der Waals surface area contributed by atoms with Gasteiger partial charge in [-0.2, -0.15) is 13.5 Å². The summed E-state index contributed by atoms with van der Waals surface area (Å²) < 4.78 is 30.6. The predicted molar refractivity (Wildman–Crippen MR) is 112 cm³/mol. The van der Waals surface area contributed by atoms with Gasteiger partial charge >= 0.3 is 6.09 Å². The first-order chi connectivity index (χ1) is 13.4. The van der Waals surface area contributed by atoms with Crippen LogP contribution >= 0.6 is 0 Å². The Hall–Kier alpha value is -2.09. The van der Waals surface area contributed by atoms with E-state index < -0.39 is 21.7 Å². The van der Waals surface area contributed by atoms with Crippen molar-refractivity contribution in [1.82, 2.24) is 4.83 Å². The second-order valence-corrected chi connectivity index (χ2v) is 11.3. The van der Waals surface area contributed by atoms with Gasteiger partial charge in [0, 0.05) is 17.5 Å². The molecule has 0 spiro atoms. The van der Waals surface area contributed by atoms with E-state index >= 15 is 0 Å². The van der Waals surface area contributed by atoms with Crippen molar-refractivity contribution < 1.29 is 17.9 Å². The Morgan fingerprint density at radius 3 is 2.31 bits per heavy atom. The second-order valence-electron chi connectivity index (χ2n) is 9.64. The molecule has 0 aliphatic heterocycles. The molecule has 3 aliphatic carbocycles. The molecule has 3 fully saturated rings. The molecule has 1 aromatic rings. The summed E-state index contributed by atoms with van der Waals surface area (Å²) in [7, 11) is -3.70. The van der Waals surface area contributed by atoms with E-state index in [9.17, 15) is 13.2 Å². The summed E-state index contributed by atoms with van der Waals surface area (Å²) in [6.07, 6.45) is 4.77. The Kier molecular flexibility index (Phi) is 5.45. The number of primary amides is 1. The van der Waals surface area contributed by atoms with Crippen LogP contribution in [0.25, 0.3) is 0 Å². The fourth-order valence-electron chi connectivity index (χ4n) is 4.97. The molecule has 4 rings (SSSR count). The number of hydrogen-bond donors (Lipinski definition) is 2. The average Bonchev–Trinajstić information content (AvgIpc) is 2.61. The summed E-state index contributed by atoms with van der Waals surface area (Å²) in [6.45, 7) is 8.31. The number of hydrogen-bond acceptors (Lipinski definition) is 5. The molecule has 3 aliphatic rings. The maximum Gasteiger partial charge on any atom is 0.405 e. The number of ether oxygens (including phenoxy) is 1. The van der Waals surface area contributed by atoms with Gasteiger partial charge in [0.15, 0.2) is 0 Å². The van der Waals surface area contributed by atoms with Crippen molar-refractivity contribution >= 4 is 22.3 Å². The lowest BCUT2D eigenvalue weighted by Crippen LogP contribution is -2.59. The lowest BCUT2D eigenvalue weighted by Gasteiger charge is -2.59. The third-order valence-corrected chi connectivity index (χ3v) is 7.77. The van der Waals surface area contributed by atoms with Crippen LogP contribution in [-0.2, 0) is 14.8 Å². The summed E-state index contributed by atoms with van der Waals surface area (Å²) >= 11 is 0. The van der Waals surface area contributed by atoms with E-state index in [2.05, 4.69) is 30.7 Å². The van der Waals surface area contributed by atoms with Crippen LogP contribution in [0.5, 0.6) is 0 Å². The molecular weight excluding hydrogens is 390 g/mol. The van der Waals surface area contributed by atoms with Crippen molar-refractivity contribution in [3.05, 3.63) is 29.8 Å². The zero-order valence-electron chi connectivity index (χ0n) is 17.6. The number of nitrogens with one attached hydrogen (secondary N) is 1. The summed E-state index contributed by atoms with van der Waals surface area (Å²) in [5, 5.41) is 4.14. The molecule has 1 aromatic carbocycles. The number of nitrogens with zero attached hydrogens (tertiary/aromatic N) is 1. The molecule has 0 heterocycles. The fraction of sp³-hybridized carbons (Fsp3) is 0.619. The van der Waals surface area contributed by atoms with E-state index in [0.29, 0.717) is 12.8 Å². The largest absolute Gasteiger partial charge is 0.443 e. The fourth-order valence-corrected chi connectivity index (χ4v) is 5.76. The van der Waals surface area contributed by atoms with E-state index in [1.165, 1.54) is 0 Å². The molecule has 29 heavy (non-hydrogen) atoms. The van der Waals surface area contributed by atoms with Gasteiger partial charge in [-0.3, -0.25) is 0 Å². The molecule has 3 N–H and O–H groups in total. The number of aryl methyl sites for hydroxylation is 1. The van der Waals surface area contributed by atoms with Crippen LogP contribution in [0.4, 0.5) is 4.79 Å². The van der Waals surface area contributed by atoms with Crippen LogP contribution in [0.1, 0.15) is 58.4 Å². The molecule has 160 valence electrons. The highest BCUT2D eigenvalue weighted by Gasteiger charge is 2.59. The van der Waals surface area contributed by atoms with Crippen molar-refractivity contribution in [2.75, 3.05) is 0 Å². The molecular formula is C21H31N3O4S. The number of hydrazone groups is 1. The van der Waals surface area contributed by atoms with E-state index in [1.54, 1.807) is 30.5 Å². The van der Waals surface area contributed by atoms with Gasteiger partial charge in [-0.05, 0) is 56.6 Å². The van der Waals surface area contributed by atoms with Crippen LogP contribution in [0.2, 0.25) is 0 Å². The summed E-state index contributed by atoms with van der Waals surface area (Å²) in [5.41, 5.74) is 5.52. The molecule has 1 amide bonds. The maximum absolute atomic E-state index is 12.5. The standard InChI is InChI=1S/C21H31N3O4S/c1-15-5-7-16(8-6-15)29(26,27)24-23-14-20-9-11-21(12-10-20,28-18(22)25)17(13-20)19(2,3)4/h5-8,14,17,24H,9-13H2,1-4H3,(H2,22,25). The highest BCUT2D eigenvalue weighted by atomic mass is 32.2. The molecule has 0 aromatic heterocycles. The number of nitrogens with two attached hydrogens (primary N) is 1. The molecule has 8 heteroatoms. The third kappa shape index (κ3) is 4.42. The highest BCUT2D eigenvalue weighted by molar-refractivity contribution is 7.89. The average molecular weight is 422 g/mol. The minimum Gasteiger partial charge on any atom is -0.443 e. The van der Waals surface area contributed by atoms with Gasteiger partial charge in [0.2, 0.25) is 0 Å². The molecule has 0 saturated heterocycles. The van der Waals surface area contributed by atoms with E-state index in [4.69, 9.17) is 10.5 Å². The summed E-state index contributed by atoms with van der Waals surface area (Å²) in [5.74, 6) is 0.116. The number of fused-ring (bicyclic) bond motifs is 3. The maximum atomic E-state index is 12.5. The van der Waals surface area contributed by atoms with E-state index in [1.807, 2.05) is 6.92 Å². The molecule has 3 saturated carbocycles. The molecule has 7 nitrogen and oxygen atoms in total. The normalized spacial score (nSPS) is 29.7. The predicted octanol–water partition coefficient (Wildman–Crippen LogP) is 3.72. The van der Waals surface area contributed by atoms with E-state index in [-0.39, 0.29) is 21.6 Å². The molecule has 1 unspecified atom stereocenters. The Balaban J connectivity index is 1.78. The van der Waals surface area contributed by atoms with Crippen LogP contribution < -0.4 is 10.6 Å². The number of carbonyl (C=O) groups is 1. The lowest BCUT2D eigenvalue weighted by atomic mass is 9.49. The van der Waals surface area contributed by atoms with Crippen molar-refractivity contribution in [3.8, 4) is 0 Å². The molecule has 1 atom stereocenters. The Labute approximate surface area is 173 Å². The number of sulfonamides is 1. The van der Waals surface area contributed by atoms with Crippen LogP contribution in [0.3, 0.4) is 0 Å². The van der Waals surface area contributed by atoms with Gasteiger partial charge in [-0.1, -0.05) is 38.5 Å². The van der Waals surface area contributed by atoms with Gasteiger partial charge in [0.05, 0.1) is 4.90 Å². The first-order valence-electron chi connectivity index (χ1n) is 9.99. The zero-order chi connectivity index (χ0) is 21.5.